The van der Waals surface area contributed by atoms with E-state index in [4.69, 9.17) is 5.73 Å². The van der Waals surface area contributed by atoms with Crippen LogP contribution >= 0.6 is 0 Å². The summed E-state index contributed by atoms with van der Waals surface area (Å²) in [5.41, 5.74) is 6.85. The van der Waals surface area contributed by atoms with Gasteiger partial charge in [0.1, 0.15) is 5.75 Å². The summed E-state index contributed by atoms with van der Waals surface area (Å²) in [7, 11) is 0. The Morgan fingerprint density at radius 2 is 1.95 bits per heavy atom. The fourth-order valence-corrected chi connectivity index (χ4v) is 2.19. The molecule has 0 bridgehead atoms. The lowest BCUT2D eigenvalue weighted by molar-refractivity contribution is -0.122. The van der Waals surface area contributed by atoms with E-state index in [1.165, 1.54) is 0 Å². The van der Waals surface area contributed by atoms with E-state index in [1.54, 1.807) is 24.3 Å². The van der Waals surface area contributed by atoms with Crippen LogP contribution in [-0.2, 0) is 11.2 Å². The van der Waals surface area contributed by atoms with Crippen LogP contribution < -0.4 is 11.1 Å². The molecule has 0 spiro atoms. The van der Waals surface area contributed by atoms with Crippen LogP contribution in [0.25, 0.3) is 0 Å². The van der Waals surface area contributed by atoms with Gasteiger partial charge >= 0.3 is 0 Å². The van der Waals surface area contributed by atoms with Crippen LogP contribution in [0.15, 0.2) is 24.3 Å². The summed E-state index contributed by atoms with van der Waals surface area (Å²) in [5, 5.41) is 12.1. The summed E-state index contributed by atoms with van der Waals surface area (Å²) in [5.74, 6) is 0.0861. The van der Waals surface area contributed by atoms with Crippen molar-refractivity contribution in [3.8, 4) is 5.75 Å². The monoisotopic (exact) mass is 293 g/mol. The zero-order valence-electron chi connectivity index (χ0n) is 13.0. The predicted molar refractivity (Wildman–Crippen MR) is 85.2 cm³/mol. The first-order chi connectivity index (χ1) is 10.1. The lowest BCUT2D eigenvalue weighted by Crippen LogP contribution is -2.44. The highest BCUT2D eigenvalue weighted by Crippen LogP contribution is 2.10. The maximum Gasteiger partial charge on any atom is 0.237 e. The highest BCUT2D eigenvalue weighted by molar-refractivity contribution is 5.81. The Morgan fingerprint density at radius 3 is 2.52 bits per heavy atom. The second-order valence-corrected chi connectivity index (χ2v) is 5.20. The molecule has 1 amide bonds. The van der Waals surface area contributed by atoms with Gasteiger partial charge in [-0.2, -0.15) is 0 Å². The Bertz CT molecular complexity index is 420. The molecule has 1 atom stereocenters. The van der Waals surface area contributed by atoms with Gasteiger partial charge in [0.05, 0.1) is 6.04 Å². The molecule has 21 heavy (non-hydrogen) atoms. The summed E-state index contributed by atoms with van der Waals surface area (Å²) in [6.45, 7) is 7.77. The van der Waals surface area contributed by atoms with Gasteiger partial charge in [0.25, 0.3) is 0 Å². The van der Waals surface area contributed by atoms with Gasteiger partial charge in [0, 0.05) is 13.1 Å². The highest BCUT2D eigenvalue weighted by Gasteiger charge is 2.13. The average molecular weight is 293 g/mol. The van der Waals surface area contributed by atoms with Gasteiger partial charge in [-0.15, -0.1) is 0 Å². The molecule has 0 fully saturated rings. The second-order valence-electron chi connectivity index (χ2n) is 5.20. The first-order valence-corrected chi connectivity index (χ1v) is 7.60. The maximum atomic E-state index is 11.9. The molecule has 0 aromatic heterocycles. The Balaban J connectivity index is 2.32. The number of phenolic OH excluding ortho intramolecular Hbond substituents is 1. The number of benzene rings is 1. The van der Waals surface area contributed by atoms with Crippen molar-refractivity contribution >= 4 is 5.91 Å². The molecule has 4 N–H and O–H groups in total. The van der Waals surface area contributed by atoms with Crippen molar-refractivity contribution in [2.45, 2.75) is 32.7 Å². The molecule has 1 rings (SSSR count). The number of hydrogen-bond donors (Lipinski definition) is 3. The summed E-state index contributed by atoms with van der Waals surface area (Å²) in [4.78, 5) is 14.2. The highest BCUT2D eigenvalue weighted by atomic mass is 16.3. The third-order valence-corrected chi connectivity index (χ3v) is 3.44. The lowest BCUT2D eigenvalue weighted by atomic mass is 10.1. The van der Waals surface area contributed by atoms with Crippen LogP contribution in [0.5, 0.6) is 5.75 Å². The zero-order chi connectivity index (χ0) is 15.7. The van der Waals surface area contributed by atoms with Crippen LogP contribution in [0, 0.1) is 0 Å². The summed E-state index contributed by atoms with van der Waals surface area (Å²) in [6.07, 6.45) is 1.58. The number of hydrogen-bond acceptors (Lipinski definition) is 4. The van der Waals surface area contributed by atoms with Crippen LogP contribution in [0.2, 0.25) is 0 Å². The fourth-order valence-electron chi connectivity index (χ4n) is 2.19. The molecule has 1 aromatic rings. The molecule has 0 unspecified atom stereocenters. The number of carbonyl (C=O) groups is 1. The number of likely N-dealkylation sites (N-methyl/N-ethyl adjacent to an activating group) is 1. The molecule has 0 saturated carbocycles. The quantitative estimate of drug-likeness (QED) is 0.637. The fraction of sp³-hybridized carbons (Fsp3) is 0.562. The summed E-state index contributed by atoms with van der Waals surface area (Å²) < 4.78 is 0. The summed E-state index contributed by atoms with van der Waals surface area (Å²) >= 11 is 0. The van der Waals surface area contributed by atoms with Crippen molar-refractivity contribution in [1.29, 1.82) is 0 Å². The summed E-state index contributed by atoms with van der Waals surface area (Å²) in [6, 6.07) is 6.20. The van der Waals surface area contributed by atoms with Gasteiger partial charge in [-0.1, -0.05) is 26.0 Å². The van der Waals surface area contributed by atoms with Crippen molar-refractivity contribution < 1.29 is 9.90 Å². The number of aromatic hydroxyl groups is 1. The van der Waals surface area contributed by atoms with E-state index in [9.17, 15) is 9.90 Å². The number of nitrogens with one attached hydrogen (secondary N) is 1. The zero-order valence-corrected chi connectivity index (χ0v) is 13.0. The Kier molecular flexibility index (Phi) is 7.79. The number of amides is 1. The molecule has 0 aliphatic rings. The minimum absolute atomic E-state index is 0.129. The maximum absolute atomic E-state index is 11.9. The third kappa shape index (κ3) is 6.60. The number of nitrogens with two attached hydrogens (primary N) is 1. The molecule has 0 radical (unpaired) electrons. The van der Waals surface area contributed by atoms with Crippen molar-refractivity contribution in [3.05, 3.63) is 29.8 Å². The van der Waals surface area contributed by atoms with Crippen LogP contribution in [0.3, 0.4) is 0 Å². The standard InChI is InChI=1S/C16H27N3O2/c1-3-10-19(4-2)11-9-18-16(21)15(17)12-13-5-7-14(20)8-6-13/h5-8,15,20H,3-4,9-12,17H2,1-2H3,(H,18,21)/t15-/m1/s1. The number of nitrogens with zero attached hydrogens (tertiary/aromatic N) is 1. The molecule has 1 aromatic carbocycles. The minimum Gasteiger partial charge on any atom is -0.508 e. The van der Waals surface area contributed by atoms with E-state index in [-0.39, 0.29) is 11.7 Å². The number of rotatable bonds is 9. The van der Waals surface area contributed by atoms with Crippen LogP contribution in [-0.4, -0.2) is 48.1 Å². The topological polar surface area (TPSA) is 78.6 Å². The lowest BCUT2D eigenvalue weighted by Gasteiger charge is -2.20. The van der Waals surface area contributed by atoms with E-state index >= 15 is 0 Å². The smallest absolute Gasteiger partial charge is 0.237 e. The molecule has 5 heteroatoms. The molecule has 0 aliphatic carbocycles. The SMILES string of the molecule is CCCN(CC)CCNC(=O)[C@H](N)Cc1ccc(O)cc1. The minimum atomic E-state index is -0.559. The molecule has 118 valence electrons. The van der Waals surface area contributed by atoms with Crippen molar-refractivity contribution in [2.24, 2.45) is 5.73 Å². The van der Waals surface area contributed by atoms with E-state index in [1.807, 2.05) is 0 Å². The normalized spacial score (nSPS) is 12.4. The van der Waals surface area contributed by atoms with Gasteiger partial charge in [0.2, 0.25) is 5.91 Å². The largest absolute Gasteiger partial charge is 0.508 e. The second kappa shape index (κ2) is 9.37. The van der Waals surface area contributed by atoms with Gasteiger partial charge in [-0.05, 0) is 43.6 Å². The Hall–Kier alpha value is -1.59. The molecule has 0 heterocycles. The first-order valence-electron chi connectivity index (χ1n) is 7.60. The molecular weight excluding hydrogens is 266 g/mol. The van der Waals surface area contributed by atoms with Crippen LogP contribution in [0.1, 0.15) is 25.8 Å². The average Bonchev–Trinajstić information content (AvgIpc) is 2.48. The van der Waals surface area contributed by atoms with Crippen molar-refractivity contribution in [1.82, 2.24) is 10.2 Å². The van der Waals surface area contributed by atoms with Gasteiger partial charge in [0.15, 0.2) is 0 Å². The van der Waals surface area contributed by atoms with Gasteiger partial charge in [-0.25, -0.2) is 0 Å². The van der Waals surface area contributed by atoms with Gasteiger partial charge in [-0.3, -0.25) is 4.79 Å². The molecule has 5 nitrogen and oxygen atoms in total. The third-order valence-electron chi connectivity index (χ3n) is 3.44. The number of carbonyl (C=O) groups excluding carboxylic acids is 1. The van der Waals surface area contributed by atoms with Crippen molar-refractivity contribution in [3.63, 3.8) is 0 Å². The van der Waals surface area contributed by atoms with Crippen LogP contribution in [0.4, 0.5) is 0 Å². The van der Waals surface area contributed by atoms with Gasteiger partial charge < -0.3 is 21.1 Å². The Morgan fingerprint density at radius 1 is 1.29 bits per heavy atom. The first kappa shape index (κ1) is 17.5. The number of phenols is 1. The molecule has 0 saturated heterocycles. The molecular formula is C16H27N3O2. The van der Waals surface area contributed by atoms with Crippen molar-refractivity contribution in [2.75, 3.05) is 26.2 Å². The van der Waals surface area contributed by atoms with E-state index < -0.39 is 6.04 Å². The Labute approximate surface area is 127 Å². The predicted octanol–water partition coefficient (Wildman–Crippen LogP) is 1.11. The van der Waals surface area contributed by atoms with E-state index in [2.05, 4.69) is 24.1 Å². The van der Waals surface area contributed by atoms with E-state index in [0.29, 0.717) is 13.0 Å². The van der Waals surface area contributed by atoms with E-state index in [0.717, 1.165) is 31.6 Å². The molecule has 0 aliphatic heterocycles.